The molecule has 5 heteroatoms. The van der Waals surface area contributed by atoms with E-state index in [1.165, 1.54) is 25.7 Å². The minimum Gasteiger partial charge on any atom is -0.367 e. The maximum Gasteiger partial charge on any atom is 0.254 e. The van der Waals surface area contributed by atoms with Crippen molar-refractivity contribution in [2.75, 3.05) is 5.32 Å². The number of hydrogen-bond acceptors (Lipinski definition) is 4. The molecule has 3 rings (SSSR count). The second-order valence-corrected chi connectivity index (χ2v) is 6.66. The van der Waals surface area contributed by atoms with Gasteiger partial charge in [-0.25, -0.2) is 9.97 Å². The molecule has 0 bridgehead atoms. The van der Waals surface area contributed by atoms with Crippen LogP contribution in [0.5, 0.6) is 0 Å². The molecule has 0 radical (unpaired) electrons. The van der Waals surface area contributed by atoms with Gasteiger partial charge in [-0.1, -0.05) is 6.92 Å². The van der Waals surface area contributed by atoms with Crippen LogP contribution in [0.1, 0.15) is 43.9 Å². The smallest absolute Gasteiger partial charge is 0.254 e. The zero-order valence-corrected chi connectivity index (χ0v) is 14.0. The molecule has 0 saturated heterocycles. The molecular weight excluding hydrogens is 288 g/mol. The third kappa shape index (κ3) is 3.60. The molecule has 1 aliphatic rings. The summed E-state index contributed by atoms with van der Waals surface area (Å²) < 4.78 is 0. The van der Waals surface area contributed by atoms with E-state index in [2.05, 4.69) is 27.2 Å². The average molecular weight is 312 g/mol. The Bertz CT molecular complexity index is 728. The first kappa shape index (κ1) is 15.7. The van der Waals surface area contributed by atoms with Gasteiger partial charge < -0.3 is 10.3 Å². The summed E-state index contributed by atoms with van der Waals surface area (Å²) in [4.78, 5) is 23.6. The van der Waals surface area contributed by atoms with E-state index in [1.54, 1.807) is 13.1 Å². The quantitative estimate of drug-likeness (QED) is 0.911. The molecule has 0 aliphatic heterocycles. The van der Waals surface area contributed by atoms with Gasteiger partial charge in [-0.05, 0) is 57.6 Å². The van der Waals surface area contributed by atoms with Crippen LogP contribution < -0.4 is 10.9 Å². The SMILES string of the molecule is Cc1nc(-c2ccc(NC3CCC(C)CC3)nc2)[nH]c(=O)c1C. The first-order chi connectivity index (χ1) is 11.0. The van der Waals surface area contributed by atoms with E-state index in [0.717, 1.165) is 23.0 Å². The predicted molar refractivity (Wildman–Crippen MR) is 92.6 cm³/mol. The largest absolute Gasteiger partial charge is 0.367 e. The molecule has 0 atom stereocenters. The summed E-state index contributed by atoms with van der Waals surface area (Å²) in [6, 6.07) is 4.43. The Hall–Kier alpha value is -2.17. The van der Waals surface area contributed by atoms with E-state index in [1.807, 2.05) is 19.1 Å². The zero-order chi connectivity index (χ0) is 16.4. The van der Waals surface area contributed by atoms with E-state index >= 15 is 0 Å². The number of aryl methyl sites for hydroxylation is 1. The molecule has 2 aromatic heterocycles. The Morgan fingerprint density at radius 2 is 1.91 bits per heavy atom. The van der Waals surface area contributed by atoms with Crippen LogP contribution in [0.3, 0.4) is 0 Å². The molecule has 1 saturated carbocycles. The summed E-state index contributed by atoms with van der Waals surface area (Å²) in [6.07, 6.45) is 6.74. The Labute approximate surface area is 136 Å². The lowest BCUT2D eigenvalue weighted by Gasteiger charge is -2.27. The molecule has 2 N–H and O–H groups in total. The molecule has 0 unspecified atom stereocenters. The fourth-order valence-corrected chi connectivity index (χ4v) is 3.01. The third-order valence-electron chi connectivity index (χ3n) is 4.80. The molecule has 2 heterocycles. The number of rotatable bonds is 3. The third-order valence-corrected chi connectivity index (χ3v) is 4.80. The van der Waals surface area contributed by atoms with Crippen LogP contribution in [-0.2, 0) is 0 Å². The van der Waals surface area contributed by atoms with Gasteiger partial charge >= 0.3 is 0 Å². The van der Waals surface area contributed by atoms with Gasteiger partial charge in [0.1, 0.15) is 11.6 Å². The second kappa shape index (κ2) is 6.52. The van der Waals surface area contributed by atoms with E-state index in [9.17, 15) is 4.79 Å². The van der Waals surface area contributed by atoms with Crippen LogP contribution in [-0.4, -0.2) is 21.0 Å². The molecule has 2 aromatic rings. The first-order valence-electron chi connectivity index (χ1n) is 8.33. The summed E-state index contributed by atoms with van der Waals surface area (Å²) in [6.45, 7) is 5.95. The van der Waals surface area contributed by atoms with Crippen molar-refractivity contribution in [2.45, 2.75) is 52.5 Å². The van der Waals surface area contributed by atoms with Crippen LogP contribution in [0.25, 0.3) is 11.4 Å². The summed E-state index contributed by atoms with van der Waals surface area (Å²) in [5.41, 5.74) is 2.15. The van der Waals surface area contributed by atoms with E-state index in [-0.39, 0.29) is 5.56 Å². The summed E-state index contributed by atoms with van der Waals surface area (Å²) in [7, 11) is 0. The Kier molecular flexibility index (Phi) is 4.46. The van der Waals surface area contributed by atoms with Crippen molar-refractivity contribution in [1.29, 1.82) is 0 Å². The number of pyridine rings is 1. The molecule has 1 fully saturated rings. The van der Waals surface area contributed by atoms with Crippen LogP contribution in [0, 0.1) is 19.8 Å². The van der Waals surface area contributed by atoms with Crippen molar-refractivity contribution in [2.24, 2.45) is 5.92 Å². The normalized spacial score (nSPS) is 21.2. The van der Waals surface area contributed by atoms with Gasteiger partial charge in [-0.15, -0.1) is 0 Å². The minimum absolute atomic E-state index is 0.0916. The van der Waals surface area contributed by atoms with Crippen molar-refractivity contribution in [3.05, 3.63) is 39.9 Å². The lowest BCUT2D eigenvalue weighted by Crippen LogP contribution is -2.25. The number of aromatic nitrogens is 3. The maximum atomic E-state index is 11.9. The number of H-pyrrole nitrogens is 1. The van der Waals surface area contributed by atoms with Crippen molar-refractivity contribution in [3.63, 3.8) is 0 Å². The van der Waals surface area contributed by atoms with Crippen LogP contribution in [0.15, 0.2) is 23.1 Å². The molecule has 23 heavy (non-hydrogen) atoms. The van der Waals surface area contributed by atoms with Crippen LogP contribution in [0.4, 0.5) is 5.82 Å². The summed E-state index contributed by atoms with van der Waals surface area (Å²) in [5, 5.41) is 3.51. The zero-order valence-electron chi connectivity index (χ0n) is 14.0. The highest BCUT2D eigenvalue weighted by molar-refractivity contribution is 5.56. The van der Waals surface area contributed by atoms with Gasteiger partial charge in [-0.3, -0.25) is 4.79 Å². The van der Waals surface area contributed by atoms with Gasteiger partial charge in [0.05, 0.1) is 0 Å². The molecule has 0 spiro atoms. The van der Waals surface area contributed by atoms with E-state index in [4.69, 9.17) is 0 Å². The van der Waals surface area contributed by atoms with Gasteiger partial charge in [0.15, 0.2) is 0 Å². The number of hydrogen-bond donors (Lipinski definition) is 2. The van der Waals surface area contributed by atoms with E-state index in [0.29, 0.717) is 17.4 Å². The first-order valence-corrected chi connectivity index (χ1v) is 8.33. The molecule has 122 valence electrons. The standard InChI is InChI=1S/C18H24N4O/c1-11-4-7-15(8-5-11)21-16-9-6-14(10-19-16)17-20-13(3)12(2)18(23)22-17/h6,9-11,15H,4-5,7-8H2,1-3H3,(H,19,21)(H,20,22,23). The molecule has 0 aromatic carbocycles. The second-order valence-electron chi connectivity index (χ2n) is 6.66. The van der Waals surface area contributed by atoms with Gasteiger partial charge in [0.25, 0.3) is 5.56 Å². The number of aromatic amines is 1. The van der Waals surface area contributed by atoms with Gasteiger partial charge in [-0.2, -0.15) is 0 Å². The maximum absolute atomic E-state index is 11.9. The predicted octanol–water partition coefficient (Wildman–Crippen LogP) is 3.44. The Balaban J connectivity index is 1.73. The lowest BCUT2D eigenvalue weighted by molar-refractivity contribution is 0.361. The highest BCUT2D eigenvalue weighted by Crippen LogP contribution is 2.26. The number of anilines is 1. The average Bonchev–Trinajstić information content (AvgIpc) is 2.55. The topological polar surface area (TPSA) is 70.7 Å². The van der Waals surface area contributed by atoms with Crippen molar-refractivity contribution in [1.82, 2.24) is 15.0 Å². The monoisotopic (exact) mass is 312 g/mol. The highest BCUT2D eigenvalue weighted by atomic mass is 16.1. The van der Waals surface area contributed by atoms with Crippen molar-refractivity contribution in [3.8, 4) is 11.4 Å². The number of nitrogens with one attached hydrogen (secondary N) is 2. The van der Waals surface area contributed by atoms with Crippen molar-refractivity contribution < 1.29 is 0 Å². The highest BCUT2D eigenvalue weighted by Gasteiger charge is 2.18. The summed E-state index contributed by atoms with van der Waals surface area (Å²) >= 11 is 0. The summed E-state index contributed by atoms with van der Waals surface area (Å²) in [5.74, 6) is 2.30. The van der Waals surface area contributed by atoms with Crippen LogP contribution >= 0.6 is 0 Å². The molecule has 0 amide bonds. The van der Waals surface area contributed by atoms with Crippen LogP contribution in [0.2, 0.25) is 0 Å². The van der Waals surface area contributed by atoms with Gasteiger partial charge in [0.2, 0.25) is 0 Å². The fraction of sp³-hybridized carbons (Fsp3) is 0.500. The van der Waals surface area contributed by atoms with Gasteiger partial charge in [0, 0.05) is 29.1 Å². The lowest BCUT2D eigenvalue weighted by atomic mass is 9.87. The molecular formula is C18H24N4O. The fourth-order valence-electron chi connectivity index (χ4n) is 3.01. The minimum atomic E-state index is -0.0916. The Morgan fingerprint density at radius 3 is 2.52 bits per heavy atom. The van der Waals surface area contributed by atoms with Crippen molar-refractivity contribution >= 4 is 5.82 Å². The van der Waals surface area contributed by atoms with E-state index < -0.39 is 0 Å². The number of nitrogens with zero attached hydrogens (tertiary/aromatic N) is 2. The molecule has 5 nitrogen and oxygen atoms in total. The Morgan fingerprint density at radius 1 is 1.17 bits per heavy atom. The molecule has 1 aliphatic carbocycles.